The van der Waals surface area contributed by atoms with E-state index in [2.05, 4.69) is 58.7 Å². The van der Waals surface area contributed by atoms with Crippen LogP contribution in [0.2, 0.25) is 5.02 Å². The molecule has 200 valence electrons. The van der Waals surface area contributed by atoms with Crippen LogP contribution < -0.4 is 5.32 Å². The number of piperidine rings is 2. The summed E-state index contributed by atoms with van der Waals surface area (Å²) in [5, 5.41) is 3.12. The Morgan fingerprint density at radius 3 is 2.41 bits per heavy atom. The molecule has 1 atom stereocenters. The SMILES string of the molecule is O=C1CCC(N2Cc3cc(CC4CCN(Cc5ccccc5-c5ccc(Cl)cc5)CC4)ccc3C2=O)C(=O)N1. The topological polar surface area (TPSA) is 69.7 Å². The molecule has 1 N–H and O–H groups in total. The fraction of sp³-hybridized carbons (Fsp3) is 0.344. The molecule has 0 saturated carbocycles. The number of halogens is 1. The third kappa shape index (κ3) is 5.49. The minimum atomic E-state index is -0.569. The Morgan fingerprint density at radius 1 is 0.872 bits per heavy atom. The first-order valence-corrected chi connectivity index (χ1v) is 14.1. The fourth-order valence-corrected chi connectivity index (χ4v) is 6.37. The highest BCUT2D eigenvalue weighted by Crippen LogP contribution is 2.31. The molecular formula is C32H32ClN3O3. The number of amides is 3. The minimum absolute atomic E-state index is 0.113. The number of hydrogen-bond acceptors (Lipinski definition) is 4. The molecule has 3 aromatic rings. The number of imide groups is 1. The van der Waals surface area contributed by atoms with E-state index in [4.69, 9.17) is 11.6 Å². The van der Waals surface area contributed by atoms with E-state index in [1.807, 2.05) is 18.2 Å². The summed E-state index contributed by atoms with van der Waals surface area (Å²) < 4.78 is 0. The smallest absolute Gasteiger partial charge is 0.255 e. The van der Waals surface area contributed by atoms with Gasteiger partial charge in [-0.15, -0.1) is 0 Å². The molecule has 0 aliphatic carbocycles. The van der Waals surface area contributed by atoms with Crippen molar-refractivity contribution >= 4 is 29.3 Å². The first-order valence-electron chi connectivity index (χ1n) is 13.8. The molecule has 39 heavy (non-hydrogen) atoms. The van der Waals surface area contributed by atoms with E-state index in [1.165, 1.54) is 22.3 Å². The number of hydrogen-bond donors (Lipinski definition) is 1. The summed E-state index contributed by atoms with van der Waals surface area (Å²) in [6, 6.07) is 22.2. The first kappa shape index (κ1) is 25.8. The Bertz CT molecular complexity index is 1410. The van der Waals surface area contributed by atoms with Gasteiger partial charge in [0.2, 0.25) is 11.8 Å². The number of likely N-dealkylation sites (tertiary alicyclic amines) is 1. The molecule has 3 aliphatic rings. The van der Waals surface area contributed by atoms with E-state index in [0.717, 1.165) is 49.5 Å². The monoisotopic (exact) mass is 541 g/mol. The predicted octanol–water partition coefficient (Wildman–Crippen LogP) is 5.22. The lowest BCUT2D eigenvalue weighted by Crippen LogP contribution is -2.52. The van der Waals surface area contributed by atoms with Gasteiger partial charge in [0.15, 0.2) is 0 Å². The van der Waals surface area contributed by atoms with E-state index in [0.29, 0.717) is 24.4 Å². The van der Waals surface area contributed by atoms with E-state index in [1.54, 1.807) is 4.90 Å². The maximum atomic E-state index is 13.0. The van der Waals surface area contributed by atoms with E-state index < -0.39 is 6.04 Å². The number of nitrogens with zero attached hydrogens (tertiary/aromatic N) is 2. The molecule has 2 saturated heterocycles. The molecule has 1 unspecified atom stereocenters. The van der Waals surface area contributed by atoms with Crippen LogP contribution in [0, 0.1) is 5.92 Å². The van der Waals surface area contributed by atoms with Crippen LogP contribution in [0.5, 0.6) is 0 Å². The normalized spacial score (nSPS) is 20.3. The second-order valence-electron chi connectivity index (χ2n) is 11.0. The average molecular weight is 542 g/mol. The van der Waals surface area contributed by atoms with Gasteiger partial charge in [-0.2, -0.15) is 0 Å². The van der Waals surface area contributed by atoms with Gasteiger partial charge in [0.25, 0.3) is 5.91 Å². The molecule has 0 radical (unpaired) electrons. The van der Waals surface area contributed by atoms with Crippen molar-refractivity contribution in [3.63, 3.8) is 0 Å². The number of nitrogens with one attached hydrogen (secondary N) is 1. The molecule has 3 amide bonds. The van der Waals surface area contributed by atoms with Gasteiger partial charge in [-0.05, 0) is 90.7 Å². The van der Waals surface area contributed by atoms with Crippen molar-refractivity contribution in [2.24, 2.45) is 5.92 Å². The van der Waals surface area contributed by atoms with E-state index >= 15 is 0 Å². The highest BCUT2D eigenvalue weighted by molar-refractivity contribution is 6.30. The molecular weight excluding hydrogens is 510 g/mol. The van der Waals surface area contributed by atoms with Crippen LogP contribution in [0.25, 0.3) is 11.1 Å². The zero-order valence-corrected chi connectivity index (χ0v) is 22.6. The zero-order chi connectivity index (χ0) is 26.9. The van der Waals surface area contributed by atoms with Gasteiger partial charge in [0, 0.05) is 30.1 Å². The third-order valence-electron chi connectivity index (χ3n) is 8.39. The summed E-state index contributed by atoms with van der Waals surface area (Å²) >= 11 is 6.10. The molecule has 0 aromatic heterocycles. The molecule has 3 heterocycles. The van der Waals surface area contributed by atoms with Gasteiger partial charge in [-0.25, -0.2) is 0 Å². The van der Waals surface area contributed by atoms with Gasteiger partial charge < -0.3 is 4.90 Å². The number of carbonyl (C=O) groups excluding carboxylic acids is 3. The summed E-state index contributed by atoms with van der Waals surface area (Å²) in [4.78, 5) is 41.0. The van der Waals surface area contributed by atoms with E-state index in [9.17, 15) is 14.4 Å². The second-order valence-corrected chi connectivity index (χ2v) is 11.4. The van der Waals surface area contributed by atoms with Crippen molar-refractivity contribution < 1.29 is 14.4 Å². The predicted molar refractivity (Wildman–Crippen MR) is 151 cm³/mol. The van der Waals surface area contributed by atoms with Crippen LogP contribution in [-0.2, 0) is 29.1 Å². The van der Waals surface area contributed by atoms with Crippen LogP contribution >= 0.6 is 11.6 Å². The summed E-state index contributed by atoms with van der Waals surface area (Å²) in [5.74, 6) is -0.137. The molecule has 2 fully saturated rings. The van der Waals surface area contributed by atoms with Gasteiger partial charge in [0.05, 0.1) is 0 Å². The summed E-state index contributed by atoms with van der Waals surface area (Å²) in [6.45, 7) is 3.49. The molecule has 0 bridgehead atoms. The Balaban J connectivity index is 1.06. The highest BCUT2D eigenvalue weighted by Gasteiger charge is 2.39. The molecule has 6 nitrogen and oxygen atoms in total. The fourth-order valence-electron chi connectivity index (χ4n) is 6.25. The summed E-state index contributed by atoms with van der Waals surface area (Å²) in [6.07, 6.45) is 3.94. The Kier molecular flexibility index (Phi) is 7.24. The lowest BCUT2D eigenvalue weighted by molar-refractivity contribution is -0.136. The molecule has 3 aromatic carbocycles. The highest BCUT2D eigenvalue weighted by atomic mass is 35.5. The largest absolute Gasteiger partial charge is 0.322 e. The van der Waals surface area contributed by atoms with Crippen molar-refractivity contribution in [2.75, 3.05) is 13.1 Å². The standard InChI is InChI=1S/C32H32ClN3O3/c33-26-8-6-23(7-9-26)27-4-2-1-3-24(27)19-35-15-13-21(14-16-35)17-22-5-10-28-25(18-22)20-36(32(28)39)29-11-12-30(37)34-31(29)38/h1-10,18,21,29H,11-17,19-20H2,(H,34,37,38). The van der Waals surface area contributed by atoms with Crippen molar-refractivity contribution in [3.8, 4) is 11.1 Å². The molecule has 3 aliphatic heterocycles. The third-order valence-corrected chi connectivity index (χ3v) is 8.64. The summed E-state index contributed by atoms with van der Waals surface area (Å²) in [5.41, 5.74) is 6.70. The lowest BCUT2D eigenvalue weighted by Gasteiger charge is -2.32. The van der Waals surface area contributed by atoms with Crippen LogP contribution in [-0.4, -0.2) is 46.7 Å². The van der Waals surface area contributed by atoms with Crippen molar-refractivity contribution in [2.45, 2.75) is 51.2 Å². The number of benzene rings is 3. The minimum Gasteiger partial charge on any atom is -0.322 e. The Labute approximate surface area is 233 Å². The van der Waals surface area contributed by atoms with E-state index in [-0.39, 0.29) is 24.1 Å². The van der Waals surface area contributed by atoms with Crippen LogP contribution in [0.4, 0.5) is 0 Å². The van der Waals surface area contributed by atoms with Crippen molar-refractivity contribution in [1.29, 1.82) is 0 Å². The zero-order valence-electron chi connectivity index (χ0n) is 21.9. The first-order chi connectivity index (χ1) is 18.9. The Morgan fingerprint density at radius 2 is 1.64 bits per heavy atom. The average Bonchev–Trinajstić information content (AvgIpc) is 3.26. The number of carbonyl (C=O) groups is 3. The van der Waals surface area contributed by atoms with Crippen molar-refractivity contribution in [3.05, 3.63) is 94.0 Å². The Hall–Kier alpha value is -3.48. The van der Waals surface area contributed by atoms with Crippen LogP contribution in [0.3, 0.4) is 0 Å². The van der Waals surface area contributed by atoms with Gasteiger partial charge >= 0.3 is 0 Å². The summed E-state index contributed by atoms with van der Waals surface area (Å²) in [7, 11) is 0. The van der Waals surface area contributed by atoms with Crippen LogP contribution in [0.1, 0.15) is 52.7 Å². The van der Waals surface area contributed by atoms with Gasteiger partial charge in [-0.3, -0.25) is 24.6 Å². The van der Waals surface area contributed by atoms with Crippen molar-refractivity contribution in [1.82, 2.24) is 15.1 Å². The number of fused-ring (bicyclic) bond motifs is 1. The van der Waals surface area contributed by atoms with Crippen LogP contribution in [0.15, 0.2) is 66.7 Å². The maximum absolute atomic E-state index is 13.0. The maximum Gasteiger partial charge on any atom is 0.255 e. The quantitative estimate of drug-likeness (QED) is 0.434. The molecule has 6 rings (SSSR count). The lowest BCUT2D eigenvalue weighted by atomic mass is 9.89. The van der Waals surface area contributed by atoms with Gasteiger partial charge in [0.1, 0.15) is 6.04 Å². The second kappa shape index (κ2) is 10.9. The molecule has 0 spiro atoms. The number of rotatable bonds is 6. The van der Waals surface area contributed by atoms with Gasteiger partial charge in [-0.1, -0.05) is 60.1 Å². The molecule has 7 heteroatoms.